The van der Waals surface area contributed by atoms with Crippen molar-refractivity contribution in [3.8, 4) is 12.3 Å². The van der Waals surface area contributed by atoms with Crippen LogP contribution in [0.25, 0.3) is 0 Å². The van der Waals surface area contributed by atoms with Gasteiger partial charge in [0.05, 0.1) is 12.7 Å². The van der Waals surface area contributed by atoms with Crippen LogP contribution in [0.5, 0.6) is 0 Å². The number of nitrogens with zero attached hydrogens (tertiary/aromatic N) is 2. The van der Waals surface area contributed by atoms with Crippen LogP contribution in [0.1, 0.15) is 20.3 Å². The molecule has 1 aliphatic heterocycles. The molecule has 1 fully saturated rings. The van der Waals surface area contributed by atoms with Crippen LogP contribution < -0.4 is 0 Å². The lowest BCUT2D eigenvalue weighted by Crippen LogP contribution is -2.48. The highest BCUT2D eigenvalue weighted by Gasteiger charge is 2.22. The van der Waals surface area contributed by atoms with E-state index in [2.05, 4.69) is 22.8 Å². The second-order valence-electron chi connectivity index (χ2n) is 5.30. The minimum absolute atomic E-state index is 0.306. The van der Waals surface area contributed by atoms with Gasteiger partial charge in [-0.1, -0.05) is 12.8 Å². The Morgan fingerprint density at radius 3 is 2.50 bits per heavy atom. The summed E-state index contributed by atoms with van der Waals surface area (Å²) in [5.41, 5.74) is -0.552. The molecule has 0 aromatic rings. The van der Waals surface area contributed by atoms with E-state index in [-0.39, 0.29) is 0 Å². The molecule has 4 nitrogen and oxygen atoms in total. The van der Waals surface area contributed by atoms with Crippen molar-refractivity contribution < 1.29 is 9.84 Å². The second kappa shape index (κ2) is 7.10. The first-order chi connectivity index (χ1) is 8.49. The molecule has 1 aliphatic rings. The van der Waals surface area contributed by atoms with Gasteiger partial charge in [0.2, 0.25) is 0 Å². The van der Waals surface area contributed by atoms with Gasteiger partial charge >= 0.3 is 0 Å². The van der Waals surface area contributed by atoms with E-state index in [1.54, 1.807) is 0 Å². The number of likely N-dealkylation sites (N-methyl/N-ethyl adjacent to an activating group) is 1. The average Bonchev–Trinajstić information content (AvgIpc) is 2.39. The van der Waals surface area contributed by atoms with Gasteiger partial charge in [-0.3, -0.25) is 4.90 Å². The van der Waals surface area contributed by atoms with E-state index in [1.165, 1.54) is 0 Å². The zero-order valence-corrected chi connectivity index (χ0v) is 11.9. The molecule has 4 heteroatoms. The van der Waals surface area contributed by atoms with Gasteiger partial charge in [0.25, 0.3) is 0 Å². The molecule has 0 saturated carbocycles. The Kier molecular flexibility index (Phi) is 6.10. The molecule has 1 N–H and O–H groups in total. The number of ether oxygens (including phenoxy) is 1. The van der Waals surface area contributed by atoms with E-state index in [0.717, 1.165) is 32.6 Å². The summed E-state index contributed by atoms with van der Waals surface area (Å²) in [6.07, 6.45) is 5.72. The molecule has 0 radical (unpaired) electrons. The second-order valence-corrected chi connectivity index (χ2v) is 5.30. The van der Waals surface area contributed by atoms with E-state index < -0.39 is 11.7 Å². The van der Waals surface area contributed by atoms with Crippen LogP contribution in [0, 0.1) is 12.3 Å². The van der Waals surface area contributed by atoms with E-state index in [9.17, 15) is 5.11 Å². The summed E-state index contributed by atoms with van der Waals surface area (Å²) in [6.45, 7) is 8.98. The molecule has 1 rings (SSSR count). The van der Waals surface area contributed by atoms with E-state index >= 15 is 0 Å². The summed E-state index contributed by atoms with van der Waals surface area (Å²) in [7, 11) is 2.12. The number of hydrogen-bond acceptors (Lipinski definition) is 4. The highest BCUT2D eigenvalue weighted by Crippen LogP contribution is 2.14. The van der Waals surface area contributed by atoms with Crippen molar-refractivity contribution in [2.45, 2.75) is 32.0 Å². The minimum atomic E-state index is -0.552. The first-order valence-electron chi connectivity index (χ1n) is 6.70. The van der Waals surface area contributed by atoms with Gasteiger partial charge in [-0.05, 0) is 20.4 Å². The summed E-state index contributed by atoms with van der Waals surface area (Å²) in [6, 6.07) is 0. The third-order valence-corrected chi connectivity index (χ3v) is 3.64. The summed E-state index contributed by atoms with van der Waals surface area (Å²) in [4.78, 5) is 4.57. The Labute approximate surface area is 111 Å². The van der Waals surface area contributed by atoms with E-state index in [1.807, 2.05) is 13.8 Å². The zero-order chi connectivity index (χ0) is 13.6. The average molecular weight is 254 g/mol. The summed E-state index contributed by atoms with van der Waals surface area (Å²) >= 11 is 0. The van der Waals surface area contributed by atoms with Crippen molar-refractivity contribution in [2.75, 3.05) is 46.4 Å². The lowest BCUT2D eigenvalue weighted by Gasteiger charge is -2.34. The SMILES string of the molecule is C#CC(C)(CC)OCC(O)CN1CCN(C)CC1. The highest BCUT2D eigenvalue weighted by atomic mass is 16.5. The van der Waals surface area contributed by atoms with Crippen LogP contribution in [-0.2, 0) is 4.74 Å². The Bertz CT molecular complexity index is 282. The summed E-state index contributed by atoms with van der Waals surface area (Å²) in [5, 5.41) is 9.97. The van der Waals surface area contributed by atoms with Crippen molar-refractivity contribution in [3.63, 3.8) is 0 Å². The molecule has 18 heavy (non-hydrogen) atoms. The van der Waals surface area contributed by atoms with Gasteiger partial charge in [-0.15, -0.1) is 6.42 Å². The van der Waals surface area contributed by atoms with Gasteiger partial charge in [0.1, 0.15) is 5.60 Å². The van der Waals surface area contributed by atoms with Crippen LogP contribution in [-0.4, -0.2) is 73.0 Å². The number of rotatable bonds is 6. The molecule has 1 saturated heterocycles. The van der Waals surface area contributed by atoms with Crippen molar-refractivity contribution in [1.82, 2.24) is 9.80 Å². The van der Waals surface area contributed by atoms with Gasteiger partial charge in [0, 0.05) is 32.7 Å². The molecule has 1 heterocycles. The van der Waals surface area contributed by atoms with Gasteiger partial charge < -0.3 is 14.7 Å². The predicted molar refractivity (Wildman–Crippen MR) is 73.4 cm³/mol. The largest absolute Gasteiger partial charge is 0.389 e. The molecule has 104 valence electrons. The van der Waals surface area contributed by atoms with Crippen LogP contribution in [0.15, 0.2) is 0 Å². The van der Waals surface area contributed by atoms with Crippen LogP contribution in [0.4, 0.5) is 0 Å². The predicted octanol–water partition coefficient (Wildman–Crippen LogP) is 0.413. The Balaban J connectivity index is 2.25. The fourth-order valence-corrected chi connectivity index (χ4v) is 1.91. The number of hydrogen-bond donors (Lipinski definition) is 1. The zero-order valence-electron chi connectivity index (χ0n) is 11.9. The van der Waals surface area contributed by atoms with Crippen LogP contribution in [0.3, 0.4) is 0 Å². The first kappa shape index (κ1) is 15.5. The van der Waals surface area contributed by atoms with Gasteiger partial charge in [0.15, 0.2) is 0 Å². The first-order valence-corrected chi connectivity index (χ1v) is 6.70. The van der Waals surface area contributed by atoms with Crippen LogP contribution >= 0.6 is 0 Å². The Hall–Kier alpha value is -0.600. The van der Waals surface area contributed by atoms with Crippen molar-refractivity contribution in [2.24, 2.45) is 0 Å². The number of β-amino-alcohol motifs (C(OH)–C–C–N with tert-alkyl or cyclic N) is 1. The number of piperazine rings is 1. The Morgan fingerprint density at radius 2 is 2.00 bits per heavy atom. The maximum atomic E-state index is 9.97. The standard InChI is InChI=1S/C14H26N2O2/c1-5-14(3,6-2)18-12-13(17)11-16-9-7-15(4)8-10-16/h1,13,17H,6-12H2,2-4H3. The van der Waals surface area contributed by atoms with E-state index in [0.29, 0.717) is 13.2 Å². The number of terminal acetylenes is 1. The molecule has 0 aromatic heterocycles. The smallest absolute Gasteiger partial charge is 0.125 e. The fraction of sp³-hybridized carbons (Fsp3) is 0.857. The molecule has 2 atom stereocenters. The highest BCUT2D eigenvalue weighted by molar-refractivity contribution is 5.05. The van der Waals surface area contributed by atoms with Crippen molar-refractivity contribution in [3.05, 3.63) is 0 Å². The normalized spacial score (nSPS) is 23.3. The molecular weight excluding hydrogens is 228 g/mol. The third-order valence-electron chi connectivity index (χ3n) is 3.64. The van der Waals surface area contributed by atoms with Crippen molar-refractivity contribution >= 4 is 0 Å². The lowest BCUT2D eigenvalue weighted by molar-refractivity contribution is -0.0495. The van der Waals surface area contributed by atoms with Gasteiger partial charge in [-0.25, -0.2) is 0 Å². The van der Waals surface area contributed by atoms with Crippen molar-refractivity contribution in [1.29, 1.82) is 0 Å². The lowest BCUT2D eigenvalue weighted by atomic mass is 10.1. The molecular formula is C14H26N2O2. The maximum Gasteiger partial charge on any atom is 0.125 e. The number of aliphatic hydroxyl groups excluding tert-OH is 1. The molecule has 0 spiro atoms. The minimum Gasteiger partial charge on any atom is -0.389 e. The molecule has 0 aromatic carbocycles. The maximum absolute atomic E-state index is 9.97. The van der Waals surface area contributed by atoms with Crippen LogP contribution in [0.2, 0.25) is 0 Å². The molecule has 2 unspecified atom stereocenters. The summed E-state index contributed by atoms with van der Waals surface area (Å²) in [5.74, 6) is 2.64. The van der Waals surface area contributed by atoms with Gasteiger partial charge in [-0.2, -0.15) is 0 Å². The topological polar surface area (TPSA) is 35.9 Å². The molecule has 0 aliphatic carbocycles. The summed E-state index contributed by atoms with van der Waals surface area (Å²) < 4.78 is 5.63. The third kappa shape index (κ3) is 4.95. The van der Waals surface area contributed by atoms with E-state index in [4.69, 9.17) is 11.2 Å². The fourth-order valence-electron chi connectivity index (χ4n) is 1.91. The Morgan fingerprint density at radius 1 is 1.39 bits per heavy atom. The molecule has 0 bridgehead atoms. The molecule has 0 amide bonds. The quantitative estimate of drug-likeness (QED) is 0.697. The monoisotopic (exact) mass is 254 g/mol. The number of aliphatic hydroxyl groups is 1.